The van der Waals surface area contributed by atoms with E-state index in [0.29, 0.717) is 18.4 Å². The molecule has 3 heteroatoms. The van der Waals surface area contributed by atoms with Gasteiger partial charge in [0.1, 0.15) is 0 Å². The minimum absolute atomic E-state index is 0.471. The molecule has 0 aliphatic heterocycles. The summed E-state index contributed by atoms with van der Waals surface area (Å²) in [5, 5.41) is 7.56. The van der Waals surface area contributed by atoms with E-state index in [4.69, 9.17) is 5.73 Å². The first kappa shape index (κ1) is 9.71. The van der Waals surface area contributed by atoms with Crippen LogP contribution in [-0.2, 0) is 6.54 Å². The highest BCUT2D eigenvalue weighted by Gasteiger charge is 2.25. The summed E-state index contributed by atoms with van der Waals surface area (Å²) in [7, 11) is 0. The molecular weight excluding hydrogens is 174 g/mol. The molecule has 78 valence electrons. The molecule has 0 radical (unpaired) electrons. The molecule has 0 atom stereocenters. The summed E-state index contributed by atoms with van der Waals surface area (Å²) in [6, 6.07) is 0. The van der Waals surface area contributed by atoms with E-state index in [1.807, 2.05) is 0 Å². The van der Waals surface area contributed by atoms with Crippen LogP contribution in [0.4, 0.5) is 0 Å². The molecule has 1 aromatic rings. The summed E-state index contributed by atoms with van der Waals surface area (Å²) >= 11 is 0. The molecule has 0 unspecified atom stereocenters. The molecule has 1 fully saturated rings. The first-order valence-corrected chi connectivity index (χ1v) is 5.51. The molecular formula is C11H19N3. The van der Waals surface area contributed by atoms with Crippen molar-refractivity contribution in [1.29, 1.82) is 0 Å². The fraction of sp³-hybridized carbons (Fsp3) is 0.727. The van der Waals surface area contributed by atoms with Gasteiger partial charge in [-0.3, -0.25) is 5.10 Å². The third kappa shape index (κ3) is 1.46. The number of nitrogens with two attached hydrogens (primary N) is 1. The molecule has 3 N–H and O–H groups in total. The Morgan fingerprint density at radius 2 is 2.21 bits per heavy atom. The van der Waals surface area contributed by atoms with Crippen molar-refractivity contribution in [2.45, 2.75) is 51.5 Å². The van der Waals surface area contributed by atoms with E-state index in [-0.39, 0.29) is 0 Å². The van der Waals surface area contributed by atoms with E-state index in [2.05, 4.69) is 24.0 Å². The van der Waals surface area contributed by atoms with Gasteiger partial charge in [0, 0.05) is 23.7 Å². The monoisotopic (exact) mass is 193 g/mol. The van der Waals surface area contributed by atoms with Gasteiger partial charge >= 0.3 is 0 Å². The van der Waals surface area contributed by atoms with Crippen LogP contribution in [0.3, 0.4) is 0 Å². The summed E-state index contributed by atoms with van der Waals surface area (Å²) in [5.41, 5.74) is 9.53. The maximum Gasteiger partial charge on any atom is 0.0695 e. The summed E-state index contributed by atoms with van der Waals surface area (Å²) < 4.78 is 0. The topological polar surface area (TPSA) is 54.7 Å². The fourth-order valence-electron chi connectivity index (χ4n) is 2.12. The molecule has 0 amide bonds. The molecule has 1 heterocycles. The van der Waals surface area contributed by atoms with Crippen LogP contribution in [0.2, 0.25) is 0 Å². The molecule has 14 heavy (non-hydrogen) atoms. The molecule has 0 spiro atoms. The van der Waals surface area contributed by atoms with Crippen molar-refractivity contribution >= 4 is 0 Å². The van der Waals surface area contributed by atoms with Gasteiger partial charge in [0.05, 0.1) is 5.69 Å². The zero-order chi connectivity index (χ0) is 10.1. The molecule has 0 saturated heterocycles. The van der Waals surface area contributed by atoms with E-state index < -0.39 is 0 Å². The normalized spacial score (nSPS) is 17.4. The van der Waals surface area contributed by atoms with Crippen molar-refractivity contribution < 1.29 is 0 Å². The van der Waals surface area contributed by atoms with Crippen LogP contribution in [-0.4, -0.2) is 10.2 Å². The number of H-pyrrole nitrogens is 1. The smallest absolute Gasteiger partial charge is 0.0695 e. The van der Waals surface area contributed by atoms with Crippen LogP contribution in [0.25, 0.3) is 0 Å². The van der Waals surface area contributed by atoms with Crippen LogP contribution in [0.1, 0.15) is 61.9 Å². The predicted octanol–water partition coefficient (Wildman–Crippen LogP) is 2.26. The van der Waals surface area contributed by atoms with Gasteiger partial charge < -0.3 is 5.73 Å². The van der Waals surface area contributed by atoms with Gasteiger partial charge in [-0.15, -0.1) is 0 Å². The zero-order valence-corrected chi connectivity index (χ0v) is 9.01. The highest BCUT2D eigenvalue weighted by molar-refractivity contribution is 5.30. The lowest BCUT2D eigenvalue weighted by Crippen LogP contribution is -2.13. The third-order valence-corrected chi connectivity index (χ3v) is 3.20. The molecule has 2 rings (SSSR count). The van der Waals surface area contributed by atoms with E-state index in [0.717, 1.165) is 5.69 Å². The van der Waals surface area contributed by atoms with Gasteiger partial charge in [0.2, 0.25) is 0 Å². The number of aromatic nitrogens is 2. The van der Waals surface area contributed by atoms with Crippen LogP contribution in [0, 0.1) is 0 Å². The highest BCUT2D eigenvalue weighted by Crippen LogP contribution is 2.38. The van der Waals surface area contributed by atoms with Crippen LogP contribution in [0.5, 0.6) is 0 Å². The Labute approximate surface area is 85.1 Å². The Kier molecular flexibility index (Phi) is 2.59. The summed E-state index contributed by atoms with van der Waals surface area (Å²) in [4.78, 5) is 0. The minimum Gasteiger partial charge on any atom is -0.326 e. The van der Waals surface area contributed by atoms with Gasteiger partial charge in [-0.2, -0.15) is 5.10 Å². The maximum absolute atomic E-state index is 5.79. The minimum atomic E-state index is 0.471. The number of hydrogen-bond acceptors (Lipinski definition) is 2. The second-order valence-corrected chi connectivity index (χ2v) is 4.49. The Bertz CT molecular complexity index is 310. The van der Waals surface area contributed by atoms with Crippen LogP contribution < -0.4 is 5.73 Å². The molecule has 1 aliphatic carbocycles. The van der Waals surface area contributed by atoms with E-state index in [1.54, 1.807) is 0 Å². The SMILES string of the molecule is CC(C)c1n[nH]c(C2CCC2)c1CN. The zero-order valence-electron chi connectivity index (χ0n) is 9.01. The maximum atomic E-state index is 5.79. The highest BCUT2D eigenvalue weighted by atomic mass is 15.1. The standard InChI is InChI=1S/C11H19N3/c1-7(2)10-9(6-12)11(14-13-10)8-4-3-5-8/h7-8H,3-6,12H2,1-2H3,(H,13,14). The third-order valence-electron chi connectivity index (χ3n) is 3.20. The average molecular weight is 193 g/mol. The van der Waals surface area contributed by atoms with Crippen LogP contribution >= 0.6 is 0 Å². The first-order valence-electron chi connectivity index (χ1n) is 5.51. The lowest BCUT2D eigenvalue weighted by Gasteiger charge is -2.25. The average Bonchev–Trinajstić information content (AvgIpc) is 2.44. The van der Waals surface area contributed by atoms with Gasteiger partial charge in [-0.25, -0.2) is 0 Å². The Hall–Kier alpha value is -0.830. The van der Waals surface area contributed by atoms with Gasteiger partial charge in [-0.1, -0.05) is 20.3 Å². The Balaban J connectivity index is 2.30. The predicted molar refractivity (Wildman–Crippen MR) is 57.2 cm³/mol. The first-order chi connectivity index (χ1) is 6.74. The number of nitrogens with one attached hydrogen (secondary N) is 1. The van der Waals surface area contributed by atoms with Gasteiger partial charge in [0.25, 0.3) is 0 Å². The second kappa shape index (κ2) is 3.73. The molecule has 0 aromatic carbocycles. The molecule has 3 nitrogen and oxygen atoms in total. The summed E-state index contributed by atoms with van der Waals surface area (Å²) in [6.07, 6.45) is 3.95. The summed E-state index contributed by atoms with van der Waals surface area (Å²) in [5.74, 6) is 1.17. The van der Waals surface area contributed by atoms with Crippen molar-refractivity contribution in [3.63, 3.8) is 0 Å². The molecule has 1 aliphatic rings. The Morgan fingerprint density at radius 3 is 2.64 bits per heavy atom. The largest absolute Gasteiger partial charge is 0.326 e. The van der Waals surface area contributed by atoms with Crippen molar-refractivity contribution in [2.75, 3.05) is 0 Å². The van der Waals surface area contributed by atoms with Crippen molar-refractivity contribution in [2.24, 2.45) is 5.73 Å². The molecule has 0 bridgehead atoms. The lowest BCUT2D eigenvalue weighted by atomic mass is 9.81. The number of hydrogen-bond donors (Lipinski definition) is 2. The lowest BCUT2D eigenvalue weighted by molar-refractivity contribution is 0.408. The number of aromatic amines is 1. The second-order valence-electron chi connectivity index (χ2n) is 4.49. The molecule has 1 aromatic heterocycles. The number of nitrogens with zero attached hydrogens (tertiary/aromatic N) is 1. The van der Waals surface area contributed by atoms with Crippen LogP contribution in [0.15, 0.2) is 0 Å². The molecule has 1 saturated carbocycles. The summed E-state index contributed by atoms with van der Waals surface area (Å²) in [6.45, 7) is 4.95. The van der Waals surface area contributed by atoms with Crippen molar-refractivity contribution in [3.05, 3.63) is 17.0 Å². The van der Waals surface area contributed by atoms with E-state index in [1.165, 1.54) is 30.5 Å². The van der Waals surface area contributed by atoms with Gasteiger partial charge in [-0.05, 0) is 18.8 Å². The van der Waals surface area contributed by atoms with Crippen molar-refractivity contribution in [1.82, 2.24) is 10.2 Å². The van der Waals surface area contributed by atoms with E-state index >= 15 is 0 Å². The number of rotatable bonds is 3. The van der Waals surface area contributed by atoms with E-state index in [9.17, 15) is 0 Å². The van der Waals surface area contributed by atoms with Gasteiger partial charge in [0.15, 0.2) is 0 Å². The quantitative estimate of drug-likeness (QED) is 0.773. The van der Waals surface area contributed by atoms with Crippen molar-refractivity contribution in [3.8, 4) is 0 Å². The Morgan fingerprint density at radius 1 is 1.50 bits per heavy atom. The fourth-order valence-corrected chi connectivity index (χ4v) is 2.12.